The van der Waals surface area contributed by atoms with Crippen LogP contribution in [0.25, 0.3) is 0 Å². The smallest absolute Gasteiger partial charge is 0.497 e. The van der Waals surface area contributed by atoms with Gasteiger partial charge in [0.1, 0.15) is 36.3 Å². The van der Waals surface area contributed by atoms with Crippen molar-refractivity contribution in [1.82, 2.24) is 26.6 Å². The van der Waals surface area contributed by atoms with E-state index in [1.807, 2.05) is 91.0 Å². The van der Waals surface area contributed by atoms with E-state index in [9.17, 15) is 38.9 Å². The van der Waals surface area contributed by atoms with E-state index in [4.69, 9.17) is 28.4 Å². The average Bonchev–Trinajstić information content (AvgIpc) is 1.41. The number of methoxy groups -OCH3 is 1. The quantitative estimate of drug-likeness (QED) is 0.00398. The van der Waals surface area contributed by atoms with Crippen molar-refractivity contribution in [1.29, 1.82) is 0 Å². The Morgan fingerprint density at radius 1 is 0.602 bits per heavy atom. The molecule has 6 aromatic carbocycles. The Balaban J connectivity index is 0.668. The summed E-state index contributed by atoms with van der Waals surface area (Å²) in [6.45, 7) is 14.2. The molecular formula is C87H111N7O14. The largest absolute Gasteiger partial charge is 0.514 e. The highest BCUT2D eigenvalue weighted by atomic mass is 16.7. The topological polar surface area (TPSA) is 273 Å². The number of nitro benzene ring substituents is 1. The minimum Gasteiger partial charge on any atom is -0.497 e. The fourth-order valence-electron chi connectivity index (χ4n) is 17.5. The lowest BCUT2D eigenvalue weighted by atomic mass is 9.47. The third-order valence-corrected chi connectivity index (χ3v) is 23.2. The Kier molecular flexibility index (Phi) is 29.7. The molecule has 0 unspecified atom stereocenters. The van der Waals surface area contributed by atoms with Crippen LogP contribution in [0, 0.1) is 56.5 Å². The fraction of sp³-hybridized carbons (Fsp3) is 0.494. The Labute approximate surface area is 636 Å². The van der Waals surface area contributed by atoms with Gasteiger partial charge in [0.25, 0.3) is 5.69 Å². The number of anilines is 1. The molecule has 6 aromatic rings. The van der Waals surface area contributed by atoms with Crippen LogP contribution in [0.15, 0.2) is 175 Å². The molecule has 0 radical (unpaired) electrons. The highest BCUT2D eigenvalue weighted by Crippen LogP contribution is 2.67. The second kappa shape index (κ2) is 39.6. The Hall–Kier alpha value is -9.44. The highest BCUT2D eigenvalue weighted by molar-refractivity contribution is 5.98. The number of benzene rings is 6. The second-order valence-electron chi connectivity index (χ2n) is 30.6. The summed E-state index contributed by atoms with van der Waals surface area (Å²) in [7, 11) is 1.63. The average molecular weight is 1480 g/mol. The van der Waals surface area contributed by atoms with Crippen molar-refractivity contribution < 1.29 is 62.1 Å². The molecule has 0 saturated heterocycles. The van der Waals surface area contributed by atoms with Gasteiger partial charge in [-0.3, -0.25) is 34.6 Å². The summed E-state index contributed by atoms with van der Waals surface area (Å²) in [6.07, 6.45) is 15.3. The number of carbonyl (C=O) groups excluding carboxylic acids is 6. The van der Waals surface area contributed by atoms with Gasteiger partial charge in [-0.1, -0.05) is 181 Å². The minimum absolute atomic E-state index is 0.0625. The molecule has 10 rings (SSSR count). The molecule has 578 valence electrons. The van der Waals surface area contributed by atoms with Gasteiger partial charge >= 0.3 is 12.2 Å². The molecule has 21 nitrogen and oxygen atoms in total. The molecule has 108 heavy (non-hydrogen) atoms. The number of carbonyl (C=O) groups is 6. The van der Waals surface area contributed by atoms with Crippen LogP contribution < -0.4 is 41.4 Å². The molecule has 4 aliphatic carbocycles. The summed E-state index contributed by atoms with van der Waals surface area (Å²) in [5.74, 6) is 3.41. The highest BCUT2D eigenvalue weighted by Gasteiger charge is 2.59. The van der Waals surface area contributed by atoms with Gasteiger partial charge in [-0.2, -0.15) is 0 Å². The maximum absolute atomic E-state index is 14.7. The van der Waals surface area contributed by atoms with Gasteiger partial charge in [-0.05, 0) is 181 Å². The third-order valence-electron chi connectivity index (χ3n) is 23.2. The lowest BCUT2D eigenvalue weighted by molar-refractivity contribution is -0.384. The number of hydrogen-bond acceptors (Lipinski definition) is 15. The number of ether oxygens (including phenoxy) is 6. The molecular weight excluding hydrogens is 1370 g/mol. The van der Waals surface area contributed by atoms with Crippen molar-refractivity contribution in [3.05, 3.63) is 213 Å². The number of alkyl carbamates (subject to hydrolysis) is 1. The van der Waals surface area contributed by atoms with Crippen LogP contribution >= 0.6 is 0 Å². The van der Waals surface area contributed by atoms with Crippen molar-refractivity contribution >= 4 is 47.3 Å². The molecule has 5 amide bonds. The van der Waals surface area contributed by atoms with Crippen molar-refractivity contribution in [3.8, 4) is 11.5 Å². The van der Waals surface area contributed by atoms with Crippen LogP contribution in [0.5, 0.6) is 11.5 Å². The molecule has 3 saturated carbocycles. The van der Waals surface area contributed by atoms with Crippen LogP contribution in [0.4, 0.5) is 21.0 Å². The van der Waals surface area contributed by atoms with E-state index in [0.29, 0.717) is 54.3 Å². The third kappa shape index (κ3) is 21.9. The van der Waals surface area contributed by atoms with Crippen molar-refractivity contribution in [2.45, 2.75) is 174 Å². The van der Waals surface area contributed by atoms with E-state index < -0.39 is 52.5 Å². The maximum Gasteiger partial charge on any atom is 0.514 e. The Bertz CT molecular complexity index is 3880. The number of nitrogens with zero attached hydrogens (tertiary/aromatic N) is 1. The summed E-state index contributed by atoms with van der Waals surface area (Å²) in [5, 5.41) is 29.4. The van der Waals surface area contributed by atoms with Gasteiger partial charge in [-0.25, -0.2) is 9.59 Å². The minimum atomic E-state index is -1.14. The van der Waals surface area contributed by atoms with Crippen LogP contribution in [0.2, 0.25) is 0 Å². The SMILES string of the molecule is COc1ccc(C(NCCCC[C@H](NC(=O)[C@H](Cc2ccccc2)NC(=O)CCC(=O)NCCOCCOCCNC(=O)O[C@H]2CC[C@@]3(C)C(=CC[C@H]4[C@@H]5CC[C@H]([C@H](C)CCCC(C)C)[C@@]5(C)CC[C@@H]43)C2)C(=O)Nc2ccc(COC(=O)Oc3ccc([N+](=O)[O-])cc3)cc2)(c2ccccc2)c2ccccc2)cc1. The molecule has 0 bridgehead atoms. The zero-order valence-electron chi connectivity index (χ0n) is 63.7. The molecule has 0 aliphatic heterocycles. The lowest BCUT2D eigenvalue weighted by Crippen LogP contribution is -2.53. The Morgan fingerprint density at radius 3 is 1.90 bits per heavy atom. The van der Waals surface area contributed by atoms with Crippen LogP contribution in [0.3, 0.4) is 0 Å². The molecule has 21 heteroatoms. The number of hydrogen-bond donors (Lipinski definition) is 6. The number of rotatable bonds is 39. The van der Waals surface area contributed by atoms with E-state index in [2.05, 4.69) is 96.9 Å². The summed E-state index contributed by atoms with van der Waals surface area (Å²) in [5.41, 5.74) is 5.88. The number of allylic oxidation sites excluding steroid dienone is 1. The molecule has 6 N–H and O–H groups in total. The van der Waals surface area contributed by atoms with E-state index >= 15 is 0 Å². The molecule has 4 aliphatic rings. The predicted molar refractivity (Wildman–Crippen MR) is 416 cm³/mol. The second-order valence-corrected chi connectivity index (χ2v) is 30.6. The first-order chi connectivity index (χ1) is 52.2. The van der Waals surface area contributed by atoms with Gasteiger partial charge in [0, 0.05) is 56.6 Å². The van der Waals surface area contributed by atoms with Gasteiger partial charge in [0.05, 0.1) is 44.0 Å². The molecule has 0 heterocycles. The standard InChI is InChI=1S/C87H111N7O14/c1-60(2)19-18-20-61(3)74-42-43-75-73-41-32-67-58-72(46-48-85(67,4)76(73)47-49-86(74,75)5)107-83(99)89-52-54-105-56-55-104-53-51-88-79(95)44-45-80(96)92-78(57-62-21-10-7-11-22-62)82(98)93-77(81(97)91-68-33-28-63(29-34-68)59-106-84(100)108-71-39-35-69(36-40-71)94(101)102)27-16-17-50-90-87(64-23-12-8-13-24-64,65-25-14-9-15-26-65)66-30-37-70(103-6)38-31-66/h7-15,21-26,28-40,60-61,72-78,90H,16-20,27,41-59H2,1-6H3,(H,88,95)(H,89,99)(H,91,97)(H,92,96)(H,93,98)/t61-,72+,73+,74-,75+,76+,77+,78+,85+,86-/m1/s1. The number of amides is 5. The number of nitrogens with one attached hydrogen (secondary N) is 6. The molecule has 0 spiro atoms. The maximum atomic E-state index is 14.7. The Morgan fingerprint density at radius 2 is 1.24 bits per heavy atom. The zero-order valence-corrected chi connectivity index (χ0v) is 63.7. The van der Waals surface area contributed by atoms with Crippen molar-refractivity contribution in [2.24, 2.45) is 46.3 Å². The number of nitro groups is 1. The van der Waals surface area contributed by atoms with Crippen LogP contribution in [0.1, 0.15) is 165 Å². The zero-order chi connectivity index (χ0) is 76.5. The summed E-state index contributed by atoms with van der Waals surface area (Å²) < 4.78 is 33.4. The summed E-state index contributed by atoms with van der Waals surface area (Å²) in [6, 6.07) is 46.7. The summed E-state index contributed by atoms with van der Waals surface area (Å²) in [4.78, 5) is 92.0. The first-order valence-electron chi connectivity index (χ1n) is 38.9. The normalized spacial score (nSPS) is 20.9. The van der Waals surface area contributed by atoms with Gasteiger partial charge in [0.15, 0.2) is 0 Å². The first kappa shape index (κ1) is 81.1. The lowest BCUT2D eigenvalue weighted by Gasteiger charge is -2.58. The summed E-state index contributed by atoms with van der Waals surface area (Å²) >= 11 is 0. The van der Waals surface area contributed by atoms with Gasteiger partial charge < -0.3 is 55.0 Å². The molecule has 3 fully saturated rings. The predicted octanol–water partition coefficient (Wildman–Crippen LogP) is 15.3. The van der Waals surface area contributed by atoms with E-state index in [1.165, 1.54) is 74.8 Å². The first-order valence-corrected chi connectivity index (χ1v) is 38.9. The number of fused-ring (bicyclic) bond motifs is 5. The number of non-ortho nitro benzene ring substituents is 1. The van der Waals surface area contributed by atoms with Gasteiger partial charge in [0.2, 0.25) is 23.6 Å². The molecule has 10 atom stereocenters. The van der Waals surface area contributed by atoms with E-state index in [1.54, 1.807) is 31.4 Å². The van der Waals surface area contributed by atoms with Crippen LogP contribution in [-0.2, 0) is 56.7 Å². The molecule has 0 aromatic heterocycles. The van der Waals surface area contributed by atoms with E-state index in [-0.39, 0.29) is 94.1 Å². The van der Waals surface area contributed by atoms with Gasteiger partial charge in [-0.15, -0.1) is 0 Å². The number of unbranched alkanes of at least 4 members (excludes halogenated alkanes) is 1. The monoisotopic (exact) mass is 1480 g/mol. The van der Waals surface area contributed by atoms with Crippen molar-refractivity contribution in [2.75, 3.05) is 58.5 Å². The van der Waals surface area contributed by atoms with Crippen molar-refractivity contribution in [3.63, 3.8) is 0 Å². The van der Waals surface area contributed by atoms with Crippen LogP contribution in [-0.4, -0.2) is 112 Å². The fourth-order valence-corrected chi connectivity index (χ4v) is 17.5. The van der Waals surface area contributed by atoms with E-state index in [0.717, 1.165) is 77.5 Å².